The van der Waals surface area contributed by atoms with E-state index in [1.165, 1.54) is 10.5 Å². The Hall–Kier alpha value is -1.14. The van der Waals surface area contributed by atoms with Gasteiger partial charge in [-0.2, -0.15) is 5.26 Å². The van der Waals surface area contributed by atoms with Crippen LogP contribution in [0.2, 0.25) is 0 Å². The molecule has 0 unspecified atom stereocenters. The molecule has 1 saturated carbocycles. The minimum Gasteiger partial charge on any atom is -0.497 e. The minimum absolute atomic E-state index is 0.140. The van der Waals surface area contributed by atoms with Crippen LogP contribution in [0.5, 0.6) is 5.75 Å². The second kappa shape index (κ2) is 3.79. The largest absolute Gasteiger partial charge is 0.497 e. The molecule has 1 aromatic carbocycles. The van der Waals surface area contributed by atoms with Gasteiger partial charge < -0.3 is 4.74 Å². The smallest absolute Gasteiger partial charge is 0.119 e. The number of nitriles is 1. The maximum atomic E-state index is 9.01. The molecule has 0 atom stereocenters. The Kier molecular flexibility index (Phi) is 2.62. The zero-order valence-electron chi connectivity index (χ0n) is 8.91. The monoisotopic (exact) mass is 219 g/mol. The Morgan fingerprint density at radius 2 is 2.20 bits per heavy atom. The van der Waals surface area contributed by atoms with E-state index in [2.05, 4.69) is 13.0 Å². The Morgan fingerprint density at radius 1 is 1.47 bits per heavy atom. The molecule has 1 fully saturated rings. The van der Waals surface area contributed by atoms with Gasteiger partial charge in [-0.15, -0.1) is 11.8 Å². The third-order valence-electron chi connectivity index (χ3n) is 2.60. The number of hydrogen-bond donors (Lipinski definition) is 0. The SMILES string of the molecule is COc1ccc(SC2(C#N)CC2)c(C)c1. The van der Waals surface area contributed by atoms with Gasteiger partial charge in [0.05, 0.1) is 13.2 Å². The first-order valence-corrected chi connectivity index (χ1v) is 5.76. The number of methoxy groups -OCH3 is 1. The summed E-state index contributed by atoms with van der Waals surface area (Å²) in [6, 6.07) is 8.38. The van der Waals surface area contributed by atoms with Crippen LogP contribution < -0.4 is 4.74 Å². The van der Waals surface area contributed by atoms with Gasteiger partial charge in [0.1, 0.15) is 10.5 Å². The van der Waals surface area contributed by atoms with Gasteiger partial charge in [0.15, 0.2) is 0 Å². The summed E-state index contributed by atoms with van der Waals surface area (Å²) in [7, 11) is 1.67. The van der Waals surface area contributed by atoms with Crippen LogP contribution in [0.15, 0.2) is 23.1 Å². The Bertz CT molecular complexity index is 418. The summed E-state index contributed by atoms with van der Waals surface area (Å²) in [6.45, 7) is 2.05. The van der Waals surface area contributed by atoms with Crippen LogP contribution in [-0.4, -0.2) is 11.9 Å². The highest BCUT2D eigenvalue weighted by Gasteiger charge is 2.44. The number of benzene rings is 1. The van der Waals surface area contributed by atoms with Gasteiger partial charge in [-0.05, 0) is 43.5 Å². The molecule has 0 aliphatic heterocycles. The van der Waals surface area contributed by atoms with Crippen LogP contribution in [0, 0.1) is 18.3 Å². The normalized spacial score (nSPS) is 16.9. The first kappa shape index (κ1) is 10.4. The first-order valence-electron chi connectivity index (χ1n) is 4.94. The van der Waals surface area contributed by atoms with E-state index in [9.17, 15) is 0 Å². The van der Waals surface area contributed by atoms with Gasteiger partial charge >= 0.3 is 0 Å². The van der Waals surface area contributed by atoms with Crippen molar-refractivity contribution in [1.82, 2.24) is 0 Å². The Balaban J connectivity index is 2.20. The number of thioether (sulfide) groups is 1. The molecular formula is C12H13NOS. The van der Waals surface area contributed by atoms with E-state index >= 15 is 0 Å². The predicted octanol–water partition coefficient (Wildman–Crippen LogP) is 3.15. The van der Waals surface area contributed by atoms with Gasteiger partial charge in [-0.1, -0.05) is 0 Å². The average Bonchev–Trinajstić information content (AvgIpc) is 3.02. The van der Waals surface area contributed by atoms with Crippen LogP contribution in [0.3, 0.4) is 0 Å². The second-order valence-corrected chi connectivity index (χ2v) is 5.27. The number of aryl methyl sites for hydroxylation is 1. The fraction of sp³-hybridized carbons (Fsp3) is 0.417. The number of rotatable bonds is 3. The Labute approximate surface area is 94.2 Å². The molecule has 0 spiro atoms. The highest BCUT2D eigenvalue weighted by Crippen LogP contribution is 2.51. The molecule has 0 saturated heterocycles. The van der Waals surface area contributed by atoms with Crippen molar-refractivity contribution in [3.8, 4) is 11.8 Å². The summed E-state index contributed by atoms with van der Waals surface area (Å²) < 4.78 is 5.01. The van der Waals surface area contributed by atoms with Crippen molar-refractivity contribution in [2.24, 2.45) is 0 Å². The van der Waals surface area contributed by atoms with Gasteiger partial charge in [0.25, 0.3) is 0 Å². The average molecular weight is 219 g/mol. The standard InChI is InChI=1S/C12H13NOS/c1-9-7-10(14-2)3-4-11(9)15-12(8-13)5-6-12/h3-4,7H,5-6H2,1-2H3. The molecule has 0 bridgehead atoms. The molecule has 0 aromatic heterocycles. The zero-order chi connectivity index (χ0) is 10.9. The lowest BCUT2D eigenvalue weighted by Crippen LogP contribution is -1.97. The summed E-state index contributed by atoms with van der Waals surface area (Å²) in [4.78, 5) is 1.19. The van der Waals surface area contributed by atoms with Crippen molar-refractivity contribution >= 4 is 11.8 Å². The van der Waals surface area contributed by atoms with Crippen LogP contribution in [0.4, 0.5) is 0 Å². The summed E-state index contributed by atoms with van der Waals surface area (Å²) in [5, 5.41) is 9.01. The van der Waals surface area contributed by atoms with Crippen LogP contribution in [-0.2, 0) is 0 Å². The van der Waals surface area contributed by atoms with E-state index in [4.69, 9.17) is 10.00 Å². The van der Waals surface area contributed by atoms with Crippen molar-refractivity contribution < 1.29 is 4.74 Å². The molecule has 78 valence electrons. The zero-order valence-corrected chi connectivity index (χ0v) is 9.73. The minimum atomic E-state index is -0.140. The van der Waals surface area contributed by atoms with E-state index in [0.29, 0.717) is 0 Å². The third kappa shape index (κ3) is 2.10. The summed E-state index contributed by atoms with van der Waals surface area (Å²) in [5.41, 5.74) is 1.18. The molecule has 0 heterocycles. The maximum absolute atomic E-state index is 9.01. The quantitative estimate of drug-likeness (QED) is 0.783. The van der Waals surface area contributed by atoms with Crippen LogP contribution in [0.1, 0.15) is 18.4 Å². The fourth-order valence-corrected chi connectivity index (χ4v) is 2.55. The van der Waals surface area contributed by atoms with E-state index in [-0.39, 0.29) is 4.75 Å². The molecule has 2 rings (SSSR count). The highest BCUT2D eigenvalue weighted by atomic mass is 32.2. The van der Waals surface area contributed by atoms with Gasteiger partial charge in [-0.3, -0.25) is 0 Å². The number of hydrogen-bond acceptors (Lipinski definition) is 3. The topological polar surface area (TPSA) is 33.0 Å². The van der Waals surface area contributed by atoms with Crippen molar-refractivity contribution in [3.63, 3.8) is 0 Å². The maximum Gasteiger partial charge on any atom is 0.119 e. The van der Waals surface area contributed by atoms with Gasteiger partial charge in [0.2, 0.25) is 0 Å². The molecule has 1 aliphatic carbocycles. The van der Waals surface area contributed by atoms with Crippen molar-refractivity contribution in [3.05, 3.63) is 23.8 Å². The van der Waals surface area contributed by atoms with E-state index in [1.807, 2.05) is 18.2 Å². The first-order chi connectivity index (χ1) is 7.19. The van der Waals surface area contributed by atoms with Gasteiger partial charge in [0, 0.05) is 4.90 Å². The molecule has 3 heteroatoms. The number of ether oxygens (including phenoxy) is 1. The van der Waals surface area contributed by atoms with Gasteiger partial charge in [-0.25, -0.2) is 0 Å². The molecule has 0 N–H and O–H groups in total. The summed E-state index contributed by atoms with van der Waals surface area (Å²) in [5.74, 6) is 0.874. The lowest BCUT2D eigenvalue weighted by atomic mass is 10.2. The summed E-state index contributed by atoms with van der Waals surface area (Å²) >= 11 is 1.69. The van der Waals surface area contributed by atoms with Crippen molar-refractivity contribution in [2.75, 3.05) is 7.11 Å². The van der Waals surface area contributed by atoms with Crippen molar-refractivity contribution in [2.45, 2.75) is 29.4 Å². The molecule has 1 aliphatic rings. The molecule has 1 aromatic rings. The third-order valence-corrected chi connectivity index (χ3v) is 4.16. The molecule has 0 amide bonds. The van der Waals surface area contributed by atoms with E-state index < -0.39 is 0 Å². The predicted molar refractivity (Wildman–Crippen MR) is 61.2 cm³/mol. The van der Waals surface area contributed by atoms with E-state index in [0.717, 1.165) is 18.6 Å². The Morgan fingerprint density at radius 3 is 2.67 bits per heavy atom. The lowest BCUT2D eigenvalue weighted by Gasteiger charge is -2.09. The lowest BCUT2D eigenvalue weighted by molar-refractivity contribution is 0.414. The highest BCUT2D eigenvalue weighted by molar-refractivity contribution is 8.01. The van der Waals surface area contributed by atoms with Crippen molar-refractivity contribution in [1.29, 1.82) is 5.26 Å². The fourth-order valence-electron chi connectivity index (χ4n) is 1.42. The second-order valence-electron chi connectivity index (χ2n) is 3.84. The molecular weight excluding hydrogens is 206 g/mol. The van der Waals surface area contributed by atoms with E-state index in [1.54, 1.807) is 18.9 Å². The molecule has 15 heavy (non-hydrogen) atoms. The van der Waals surface area contributed by atoms with Crippen LogP contribution in [0.25, 0.3) is 0 Å². The molecule has 2 nitrogen and oxygen atoms in total. The molecule has 0 radical (unpaired) electrons. The summed E-state index contributed by atoms with van der Waals surface area (Å²) in [6.07, 6.45) is 2.03. The van der Waals surface area contributed by atoms with Crippen LogP contribution >= 0.6 is 11.8 Å². The number of nitrogens with zero attached hydrogens (tertiary/aromatic N) is 1.